The van der Waals surface area contributed by atoms with Crippen LogP contribution in [0, 0.1) is 6.92 Å². The summed E-state index contributed by atoms with van der Waals surface area (Å²) in [7, 11) is 1.41. The molecule has 1 aromatic heterocycles. The number of rotatable bonds is 6. The van der Waals surface area contributed by atoms with Crippen molar-refractivity contribution >= 4 is 11.8 Å². The molecule has 0 aliphatic heterocycles. The van der Waals surface area contributed by atoms with Gasteiger partial charge in [0.1, 0.15) is 5.82 Å². The van der Waals surface area contributed by atoms with E-state index in [1.807, 2.05) is 19.1 Å². The molecule has 0 fully saturated rings. The highest BCUT2D eigenvalue weighted by molar-refractivity contribution is 5.68. The van der Waals surface area contributed by atoms with E-state index < -0.39 is 0 Å². The van der Waals surface area contributed by atoms with Gasteiger partial charge in [0.25, 0.3) is 0 Å². The van der Waals surface area contributed by atoms with Gasteiger partial charge in [-0.25, -0.2) is 4.98 Å². The number of unbranched alkanes of at least 4 members (excludes halogenated alkanes) is 1. The van der Waals surface area contributed by atoms with Crippen LogP contribution in [0.2, 0.25) is 0 Å². The van der Waals surface area contributed by atoms with Gasteiger partial charge in [0.2, 0.25) is 0 Å². The molecule has 0 spiro atoms. The molecule has 0 bridgehead atoms. The fourth-order valence-corrected chi connectivity index (χ4v) is 1.35. The number of hydrogen-bond donors (Lipinski definition) is 1. The lowest BCUT2D eigenvalue weighted by atomic mass is 10.2. The van der Waals surface area contributed by atoms with Gasteiger partial charge in [-0.3, -0.25) is 4.79 Å². The zero-order valence-electron chi connectivity index (χ0n) is 9.82. The first-order valence-electron chi connectivity index (χ1n) is 5.45. The van der Waals surface area contributed by atoms with Crippen LogP contribution in [-0.4, -0.2) is 24.6 Å². The first kappa shape index (κ1) is 12.5. The third-order valence-electron chi connectivity index (χ3n) is 2.26. The largest absolute Gasteiger partial charge is 0.469 e. The summed E-state index contributed by atoms with van der Waals surface area (Å²) in [5, 5.41) is 3.21. The van der Waals surface area contributed by atoms with E-state index >= 15 is 0 Å². The van der Waals surface area contributed by atoms with Crippen molar-refractivity contribution in [3.8, 4) is 0 Å². The number of carbonyl (C=O) groups is 1. The topological polar surface area (TPSA) is 51.2 Å². The number of esters is 1. The maximum absolute atomic E-state index is 10.8. The summed E-state index contributed by atoms with van der Waals surface area (Å²) < 4.78 is 4.56. The normalized spacial score (nSPS) is 9.88. The van der Waals surface area contributed by atoms with Crippen molar-refractivity contribution in [1.29, 1.82) is 0 Å². The Morgan fingerprint density at radius 1 is 1.50 bits per heavy atom. The van der Waals surface area contributed by atoms with Crippen LogP contribution in [0.15, 0.2) is 18.3 Å². The van der Waals surface area contributed by atoms with E-state index in [2.05, 4.69) is 15.0 Å². The summed E-state index contributed by atoms with van der Waals surface area (Å²) in [6, 6.07) is 3.96. The molecule has 0 unspecified atom stereocenters. The minimum absolute atomic E-state index is 0.145. The highest BCUT2D eigenvalue weighted by atomic mass is 16.5. The number of aryl methyl sites for hydroxylation is 1. The van der Waals surface area contributed by atoms with E-state index in [4.69, 9.17) is 0 Å². The van der Waals surface area contributed by atoms with Crippen LogP contribution < -0.4 is 5.32 Å². The average Bonchev–Trinajstić information content (AvgIpc) is 2.28. The number of aromatic nitrogens is 1. The molecule has 0 aliphatic rings. The molecule has 0 atom stereocenters. The van der Waals surface area contributed by atoms with E-state index in [-0.39, 0.29) is 5.97 Å². The smallest absolute Gasteiger partial charge is 0.305 e. The second-order valence-corrected chi connectivity index (χ2v) is 3.68. The number of methoxy groups -OCH3 is 1. The minimum atomic E-state index is -0.145. The van der Waals surface area contributed by atoms with Crippen molar-refractivity contribution in [3.05, 3.63) is 23.9 Å². The number of carbonyl (C=O) groups excluding carboxylic acids is 1. The predicted molar refractivity (Wildman–Crippen MR) is 63.3 cm³/mol. The molecule has 4 nitrogen and oxygen atoms in total. The third-order valence-corrected chi connectivity index (χ3v) is 2.26. The van der Waals surface area contributed by atoms with E-state index in [9.17, 15) is 4.79 Å². The maximum Gasteiger partial charge on any atom is 0.305 e. The second kappa shape index (κ2) is 6.82. The molecule has 0 saturated carbocycles. The van der Waals surface area contributed by atoms with E-state index in [1.165, 1.54) is 12.7 Å². The lowest BCUT2D eigenvalue weighted by molar-refractivity contribution is -0.140. The van der Waals surface area contributed by atoms with Crippen LogP contribution >= 0.6 is 0 Å². The molecule has 0 saturated heterocycles. The van der Waals surface area contributed by atoms with E-state index in [1.54, 1.807) is 6.20 Å². The molecular weight excluding hydrogens is 204 g/mol. The molecule has 4 heteroatoms. The molecule has 1 aromatic rings. The van der Waals surface area contributed by atoms with Crippen molar-refractivity contribution in [3.63, 3.8) is 0 Å². The lowest BCUT2D eigenvalue weighted by Gasteiger charge is -2.05. The Kier molecular flexibility index (Phi) is 5.32. The molecule has 0 aliphatic carbocycles. The SMILES string of the molecule is COC(=O)CCCCNc1cc(C)ccn1. The molecule has 0 aromatic carbocycles. The van der Waals surface area contributed by atoms with Gasteiger partial charge in [-0.2, -0.15) is 0 Å². The number of nitrogens with one attached hydrogen (secondary N) is 1. The quantitative estimate of drug-likeness (QED) is 0.592. The van der Waals surface area contributed by atoms with Crippen LogP contribution in [0.5, 0.6) is 0 Å². The zero-order chi connectivity index (χ0) is 11.8. The van der Waals surface area contributed by atoms with Gasteiger partial charge in [0, 0.05) is 19.2 Å². The second-order valence-electron chi connectivity index (χ2n) is 3.68. The van der Waals surface area contributed by atoms with Gasteiger partial charge >= 0.3 is 5.97 Å². The fourth-order valence-electron chi connectivity index (χ4n) is 1.35. The summed E-state index contributed by atoms with van der Waals surface area (Å²) >= 11 is 0. The number of anilines is 1. The zero-order valence-corrected chi connectivity index (χ0v) is 9.82. The number of ether oxygens (including phenoxy) is 1. The van der Waals surface area contributed by atoms with Crippen LogP contribution in [0.4, 0.5) is 5.82 Å². The van der Waals surface area contributed by atoms with Crippen molar-refractivity contribution in [2.75, 3.05) is 19.0 Å². The van der Waals surface area contributed by atoms with Crippen LogP contribution in [0.3, 0.4) is 0 Å². The summed E-state index contributed by atoms with van der Waals surface area (Å²) in [6.07, 6.45) is 4.04. The number of hydrogen-bond acceptors (Lipinski definition) is 4. The first-order valence-corrected chi connectivity index (χ1v) is 5.45. The van der Waals surface area contributed by atoms with Gasteiger partial charge in [-0.15, -0.1) is 0 Å². The van der Waals surface area contributed by atoms with Gasteiger partial charge < -0.3 is 10.1 Å². The Morgan fingerprint density at radius 3 is 3.00 bits per heavy atom. The minimum Gasteiger partial charge on any atom is -0.469 e. The predicted octanol–water partition coefficient (Wildman–Crippen LogP) is 2.15. The van der Waals surface area contributed by atoms with Crippen molar-refractivity contribution in [1.82, 2.24) is 4.98 Å². The monoisotopic (exact) mass is 222 g/mol. The standard InChI is InChI=1S/C12H18N2O2/c1-10-6-8-14-11(9-10)13-7-4-3-5-12(15)16-2/h6,8-9H,3-5,7H2,1-2H3,(H,13,14). The molecule has 1 N–H and O–H groups in total. The first-order chi connectivity index (χ1) is 7.72. The molecule has 0 radical (unpaired) electrons. The fraction of sp³-hybridized carbons (Fsp3) is 0.500. The van der Waals surface area contributed by atoms with Gasteiger partial charge in [-0.1, -0.05) is 0 Å². The van der Waals surface area contributed by atoms with Crippen molar-refractivity contribution in [2.24, 2.45) is 0 Å². The summed E-state index contributed by atoms with van der Waals surface area (Å²) in [6.45, 7) is 2.86. The summed E-state index contributed by atoms with van der Waals surface area (Å²) in [5.74, 6) is 0.742. The number of pyridine rings is 1. The molecule has 1 rings (SSSR count). The highest BCUT2D eigenvalue weighted by Gasteiger charge is 1.99. The summed E-state index contributed by atoms with van der Waals surface area (Å²) in [4.78, 5) is 15.0. The Labute approximate surface area is 96.0 Å². The summed E-state index contributed by atoms with van der Waals surface area (Å²) in [5.41, 5.74) is 1.19. The highest BCUT2D eigenvalue weighted by Crippen LogP contribution is 2.05. The third kappa shape index (κ3) is 4.77. The lowest BCUT2D eigenvalue weighted by Crippen LogP contribution is -2.05. The molecule has 88 valence electrons. The maximum atomic E-state index is 10.8. The number of nitrogens with zero attached hydrogens (tertiary/aromatic N) is 1. The molecule has 16 heavy (non-hydrogen) atoms. The van der Waals surface area contributed by atoms with E-state index in [0.717, 1.165) is 25.2 Å². The molecule has 0 amide bonds. The van der Waals surface area contributed by atoms with Gasteiger partial charge in [-0.05, 0) is 37.5 Å². The van der Waals surface area contributed by atoms with Gasteiger partial charge in [0.15, 0.2) is 0 Å². The molecular formula is C12H18N2O2. The van der Waals surface area contributed by atoms with Crippen LogP contribution in [0.25, 0.3) is 0 Å². The van der Waals surface area contributed by atoms with E-state index in [0.29, 0.717) is 6.42 Å². The Hall–Kier alpha value is -1.58. The van der Waals surface area contributed by atoms with Crippen LogP contribution in [0.1, 0.15) is 24.8 Å². The molecule has 1 heterocycles. The van der Waals surface area contributed by atoms with Crippen LogP contribution in [-0.2, 0) is 9.53 Å². The van der Waals surface area contributed by atoms with Crippen molar-refractivity contribution in [2.45, 2.75) is 26.2 Å². The Bertz CT molecular complexity index is 340. The Balaban J connectivity index is 2.14. The average molecular weight is 222 g/mol. The van der Waals surface area contributed by atoms with Gasteiger partial charge in [0.05, 0.1) is 7.11 Å². The Morgan fingerprint density at radius 2 is 2.31 bits per heavy atom. The van der Waals surface area contributed by atoms with Crippen molar-refractivity contribution < 1.29 is 9.53 Å².